The summed E-state index contributed by atoms with van der Waals surface area (Å²) in [7, 11) is 0. The van der Waals surface area contributed by atoms with Gasteiger partial charge < -0.3 is 0 Å². The standard InChI is InChI=1S/C22H19N5O/c1-15-6-8-17(9-7-15)10-11-20(28)26-22-23-13-12-18(25-22)21-16(2)24-19-5-3-4-14-27(19)21/h3-14H,1-2H3,(H,23,25,26,28)/b11-10+. The van der Waals surface area contributed by atoms with Gasteiger partial charge in [0.25, 0.3) is 5.91 Å². The Kier molecular flexibility index (Phi) is 4.68. The third-order valence-electron chi connectivity index (χ3n) is 4.34. The second-order valence-corrected chi connectivity index (χ2v) is 6.47. The lowest BCUT2D eigenvalue weighted by molar-refractivity contribution is -0.111. The monoisotopic (exact) mass is 369 g/mol. The highest BCUT2D eigenvalue weighted by Gasteiger charge is 2.13. The maximum absolute atomic E-state index is 12.2. The minimum Gasteiger partial charge on any atom is -0.298 e. The van der Waals surface area contributed by atoms with E-state index < -0.39 is 0 Å². The molecule has 4 aromatic rings. The van der Waals surface area contributed by atoms with Gasteiger partial charge in [0.1, 0.15) is 5.65 Å². The van der Waals surface area contributed by atoms with Crippen molar-refractivity contribution in [3.8, 4) is 11.4 Å². The molecule has 3 aromatic heterocycles. The molecule has 6 nitrogen and oxygen atoms in total. The van der Waals surface area contributed by atoms with Crippen LogP contribution in [-0.2, 0) is 4.79 Å². The molecule has 0 radical (unpaired) electrons. The number of anilines is 1. The van der Waals surface area contributed by atoms with Gasteiger partial charge in [0.05, 0.1) is 17.1 Å². The average Bonchev–Trinajstić information content (AvgIpc) is 3.03. The molecule has 0 atom stereocenters. The van der Waals surface area contributed by atoms with Gasteiger partial charge in [-0.05, 0) is 43.7 Å². The zero-order valence-electron chi connectivity index (χ0n) is 15.6. The first kappa shape index (κ1) is 17.6. The first-order valence-electron chi connectivity index (χ1n) is 8.93. The molecule has 0 unspecified atom stereocenters. The van der Waals surface area contributed by atoms with E-state index in [-0.39, 0.29) is 11.9 Å². The fourth-order valence-corrected chi connectivity index (χ4v) is 2.97. The first-order valence-corrected chi connectivity index (χ1v) is 8.93. The topological polar surface area (TPSA) is 72.2 Å². The Morgan fingerprint density at radius 1 is 1.04 bits per heavy atom. The van der Waals surface area contributed by atoms with Gasteiger partial charge in [-0.3, -0.25) is 14.5 Å². The molecule has 0 fully saturated rings. The highest BCUT2D eigenvalue weighted by atomic mass is 16.1. The third-order valence-corrected chi connectivity index (χ3v) is 4.34. The van der Waals surface area contributed by atoms with Gasteiger partial charge in [-0.15, -0.1) is 0 Å². The molecular weight excluding hydrogens is 350 g/mol. The summed E-state index contributed by atoms with van der Waals surface area (Å²) >= 11 is 0. The van der Waals surface area contributed by atoms with Crippen molar-refractivity contribution in [2.24, 2.45) is 0 Å². The lowest BCUT2D eigenvalue weighted by atomic mass is 10.1. The van der Waals surface area contributed by atoms with Crippen LogP contribution in [0.15, 0.2) is 67.0 Å². The Morgan fingerprint density at radius 2 is 1.86 bits per heavy atom. The summed E-state index contributed by atoms with van der Waals surface area (Å²) in [6.07, 6.45) is 6.80. The van der Waals surface area contributed by atoms with Crippen molar-refractivity contribution in [1.82, 2.24) is 19.4 Å². The minimum atomic E-state index is -0.285. The minimum absolute atomic E-state index is 0.251. The highest BCUT2D eigenvalue weighted by Crippen LogP contribution is 2.23. The molecule has 0 aliphatic carbocycles. The fourth-order valence-electron chi connectivity index (χ4n) is 2.97. The number of pyridine rings is 1. The van der Waals surface area contributed by atoms with Crippen LogP contribution in [-0.4, -0.2) is 25.3 Å². The number of hydrogen-bond donors (Lipinski definition) is 1. The Hall–Kier alpha value is -3.80. The van der Waals surface area contributed by atoms with Gasteiger partial charge >= 0.3 is 0 Å². The van der Waals surface area contributed by atoms with E-state index in [4.69, 9.17) is 0 Å². The molecule has 1 amide bonds. The molecule has 4 rings (SSSR count). The van der Waals surface area contributed by atoms with Gasteiger partial charge in [0.15, 0.2) is 0 Å². The van der Waals surface area contributed by atoms with Crippen molar-refractivity contribution < 1.29 is 4.79 Å². The van der Waals surface area contributed by atoms with Crippen molar-refractivity contribution in [3.63, 3.8) is 0 Å². The number of fused-ring (bicyclic) bond motifs is 1. The summed E-state index contributed by atoms with van der Waals surface area (Å²) in [6.45, 7) is 3.96. The van der Waals surface area contributed by atoms with Crippen LogP contribution in [0.2, 0.25) is 0 Å². The quantitative estimate of drug-likeness (QED) is 0.551. The van der Waals surface area contributed by atoms with Crippen molar-refractivity contribution in [2.75, 3.05) is 5.32 Å². The van der Waals surface area contributed by atoms with Crippen LogP contribution in [0.3, 0.4) is 0 Å². The van der Waals surface area contributed by atoms with Gasteiger partial charge in [0.2, 0.25) is 5.95 Å². The predicted octanol–water partition coefficient (Wildman–Crippen LogP) is 4.06. The zero-order chi connectivity index (χ0) is 19.5. The summed E-state index contributed by atoms with van der Waals surface area (Å²) in [5.74, 6) is -0.0334. The lowest BCUT2D eigenvalue weighted by Crippen LogP contribution is -2.11. The molecule has 138 valence electrons. The van der Waals surface area contributed by atoms with Crippen molar-refractivity contribution >= 4 is 23.6 Å². The third kappa shape index (κ3) is 3.66. The molecule has 0 spiro atoms. The van der Waals surface area contributed by atoms with Crippen LogP contribution < -0.4 is 5.32 Å². The van der Waals surface area contributed by atoms with Gasteiger partial charge in [-0.2, -0.15) is 0 Å². The second-order valence-electron chi connectivity index (χ2n) is 6.47. The fraction of sp³-hybridized carbons (Fsp3) is 0.0909. The van der Waals surface area contributed by atoms with Gasteiger partial charge in [-0.1, -0.05) is 35.9 Å². The number of nitrogens with zero attached hydrogens (tertiary/aromatic N) is 4. The highest BCUT2D eigenvalue weighted by molar-refractivity contribution is 6.01. The SMILES string of the molecule is Cc1ccc(/C=C/C(=O)Nc2nccc(-c3c(C)nc4ccccn34)n2)cc1. The predicted molar refractivity (Wildman–Crippen MR) is 110 cm³/mol. The molecule has 0 saturated carbocycles. The van der Waals surface area contributed by atoms with Crippen LogP contribution in [0, 0.1) is 13.8 Å². The molecule has 6 heteroatoms. The molecule has 0 bridgehead atoms. The van der Waals surface area contributed by atoms with Gasteiger partial charge in [-0.25, -0.2) is 15.0 Å². The van der Waals surface area contributed by atoms with Crippen LogP contribution >= 0.6 is 0 Å². The van der Waals surface area contributed by atoms with Crippen molar-refractivity contribution in [2.45, 2.75) is 13.8 Å². The van der Waals surface area contributed by atoms with Crippen LogP contribution in [0.5, 0.6) is 0 Å². The van der Waals surface area contributed by atoms with E-state index in [1.165, 1.54) is 11.6 Å². The number of rotatable bonds is 4. The number of carbonyl (C=O) groups is 1. The summed E-state index contributed by atoms with van der Waals surface area (Å²) in [6, 6.07) is 15.6. The number of hydrogen-bond acceptors (Lipinski definition) is 4. The van der Waals surface area contributed by atoms with E-state index in [0.717, 1.165) is 22.6 Å². The molecule has 0 aliphatic rings. The molecule has 1 N–H and O–H groups in total. The second kappa shape index (κ2) is 7.44. The van der Waals surface area contributed by atoms with E-state index in [1.807, 2.05) is 66.9 Å². The van der Waals surface area contributed by atoms with Crippen LogP contribution in [0.4, 0.5) is 5.95 Å². The summed E-state index contributed by atoms with van der Waals surface area (Å²) < 4.78 is 1.97. The Morgan fingerprint density at radius 3 is 2.68 bits per heavy atom. The molecule has 0 saturated heterocycles. The maximum Gasteiger partial charge on any atom is 0.250 e. The number of nitrogens with one attached hydrogen (secondary N) is 1. The Bertz CT molecular complexity index is 1180. The Balaban J connectivity index is 1.56. The number of carbonyl (C=O) groups excluding carboxylic acids is 1. The molecule has 28 heavy (non-hydrogen) atoms. The van der Waals surface area contributed by atoms with Gasteiger partial charge in [0, 0.05) is 18.5 Å². The van der Waals surface area contributed by atoms with Crippen molar-refractivity contribution in [3.05, 3.63) is 83.8 Å². The summed E-state index contributed by atoms with van der Waals surface area (Å²) in [5.41, 5.74) is 5.42. The summed E-state index contributed by atoms with van der Waals surface area (Å²) in [4.78, 5) is 25.4. The van der Waals surface area contributed by atoms with E-state index in [1.54, 1.807) is 18.3 Å². The maximum atomic E-state index is 12.2. The molecular formula is C22H19N5O. The largest absolute Gasteiger partial charge is 0.298 e. The summed E-state index contributed by atoms with van der Waals surface area (Å²) in [5, 5.41) is 2.72. The van der Waals surface area contributed by atoms with E-state index in [9.17, 15) is 4.79 Å². The number of imidazole rings is 1. The number of aromatic nitrogens is 4. The van der Waals surface area contributed by atoms with E-state index in [0.29, 0.717) is 5.69 Å². The number of benzene rings is 1. The van der Waals surface area contributed by atoms with Crippen LogP contribution in [0.1, 0.15) is 16.8 Å². The van der Waals surface area contributed by atoms with E-state index >= 15 is 0 Å². The average molecular weight is 369 g/mol. The molecule has 0 aliphatic heterocycles. The molecule has 1 aromatic carbocycles. The number of aryl methyl sites for hydroxylation is 2. The first-order chi connectivity index (χ1) is 13.6. The Labute approximate surface area is 162 Å². The van der Waals surface area contributed by atoms with Crippen molar-refractivity contribution in [1.29, 1.82) is 0 Å². The molecule has 3 heterocycles. The van der Waals surface area contributed by atoms with Crippen LogP contribution in [0.25, 0.3) is 23.1 Å². The smallest absolute Gasteiger partial charge is 0.250 e. The van der Waals surface area contributed by atoms with E-state index in [2.05, 4.69) is 20.3 Å². The zero-order valence-corrected chi connectivity index (χ0v) is 15.6. The number of amides is 1. The lowest BCUT2D eigenvalue weighted by Gasteiger charge is -2.05. The normalized spacial score (nSPS) is 11.2.